The van der Waals surface area contributed by atoms with E-state index in [9.17, 15) is 4.39 Å². The maximum Gasteiger partial charge on any atom is 0.152 e. The minimum absolute atomic E-state index is 0.184. The number of aromatic nitrogens is 3. The van der Waals surface area contributed by atoms with E-state index in [-0.39, 0.29) is 16.9 Å². The first-order valence-corrected chi connectivity index (χ1v) is 13.1. The van der Waals surface area contributed by atoms with Gasteiger partial charge < -0.3 is 24.6 Å². The summed E-state index contributed by atoms with van der Waals surface area (Å²) in [7, 11) is 0. The molecule has 2 aliphatic heterocycles. The van der Waals surface area contributed by atoms with Crippen LogP contribution >= 0.6 is 0 Å². The molecule has 4 aromatic rings. The van der Waals surface area contributed by atoms with Crippen LogP contribution in [-0.4, -0.2) is 67.1 Å². The molecule has 8 nitrogen and oxygen atoms in total. The van der Waals surface area contributed by atoms with Crippen molar-refractivity contribution in [1.82, 2.24) is 15.0 Å². The highest BCUT2D eigenvalue weighted by atomic mass is 19.1. The summed E-state index contributed by atoms with van der Waals surface area (Å²) >= 11 is 0. The number of pyridine rings is 3. The van der Waals surface area contributed by atoms with Gasteiger partial charge in [-0.05, 0) is 37.6 Å². The van der Waals surface area contributed by atoms with E-state index in [0.29, 0.717) is 50.9 Å². The number of hydrogen-bond donors (Lipinski definition) is 1. The van der Waals surface area contributed by atoms with Crippen molar-refractivity contribution >= 4 is 33.8 Å². The van der Waals surface area contributed by atoms with Crippen molar-refractivity contribution in [3.8, 4) is 11.3 Å². The first kappa shape index (κ1) is 25.4. The van der Waals surface area contributed by atoms with Gasteiger partial charge in [-0.3, -0.25) is 4.98 Å². The molecule has 0 bridgehead atoms. The molecule has 202 valence electrons. The van der Waals surface area contributed by atoms with Crippen LogP contribution in [-0.2, 0) is 9.47 Å². The SMILES string of the molecule is Cc1c(-c2cccnc2)nc2cc(F)cc(F)c2c1Nc1cc(N2CCOC[C@H]2C)cnc1N1CCOCC1. The number of hydrogen-bond acceptors (Lipinski definition) is 8. The lowest BCUT2D eigenvalue weighted by molar-refractivity contribution is 0.0989. The van der Waals surface area contributed by atoms with E-state index in [2.05, 4.69) is 38.1 Å². The Morgan fingerprint density at radius 1 is 1.03 bits per heavy atom. The predicted molar refractivity (Wildman–Crippen MR) is 148 cm³/mol. The molecule has 1 N–H and O–H groups in total. The highest BCUT2D eigenvalue weighted by Gasteiger charge is 2.25. The molecule has 39 heavy (non-hydrogen) atoms. The van der Waals surface area contributed by atoms with Gasteiger partial charge in [0.1, 0.15) is 11.6 Å². The maximum absolute atomic E-state index is 15.4. The van der Waals surface area contributed by atoms with E-state index < -0.39 is 11.6 Å². The van der Waals surface area contributed by atoms with E-state index in [1.54, 1.807) is 12.4 Å². The van der Waals surface area contributed by atoms with E-state index in [4.69, 9.17) is 14.5 Å². The lowest BCUT2D eigenvalue weighted by atomic mass is 10.0. The molecule has 6 rings (SSSR count). The molecule has 0 saturated carbocycles. The van der Waals surface area contributed by atoms with Gasteiger partial charge in [-0.2, -0.15) is 0 Å². The van der Waals surface area contributed by atoms with Gasteiger partial charge in [0.2, 0.25) is 0 Å². The molecule has 2 aliphatic rings. The van der Waals surface area contributed by atoms with Crippen LogP contribution in [0.2, 0.25) is 0 Å². The van der Waals surface area contributed by atoms with Crippen LogP contribution < -0.4 is 15.1 Å². The summed E-state index contributed by atoms with van der Waals surface area (Å²) in [5, 5.41) is 3.74. The minimum Gasteiger partial charge on any atom is -0.378 e. The van der Waals surface area contributed by atoms with Crippen LogP contribution in [0.4, 0.5) is 31.7 Å². The molecule has 0 radical (unpaired) electrons. The fourth-order valence-electron chi connectivity index (χ4n) is 5.31. The fourth-order valence-corrected chi connectivity index (χ4v) is 5.31. The van der Waals surface area contributed by atoms with Gasteiger partial charge in [0, 0.05) is 55.8 Å². The number of ether oxygens (including phenoxy) is 2. The molecular formula is C29H30F2N6O2. The zero-order valence-electron chi connectivity index (χ0n) is 22.0. The second-order valence-corrected chi connectivity index (χ2v) is 9.89. The van der Waals surface area contributed by atoms with Crippen molar-refractivity contribution in [3.05, 3.63) is 66.1 Å². The molecular weight excluding hydrogens is 502 g/mol. The zero-order valence-corrected chi connectivity index (χ0v) is 22.0. The van der Waals surface area contributed by atoms with Gasteiger partial charge >= 0.3 is 0 Å². The van der Waals surface area contributed by atoms with E-state index in [1.807, 2.05) is 25.3 Å². The van der Waals surface area contributed by atoms with E-state index in [1.165, 1.54) is 6.07 Å². The van der Waals surface area contributed by atoms with Crippen LogP contribution in [0.15, 0.2) is 48.9 Å². The molecule has 0 unspecified atom stereocenters. The second-order valence-electron chi connectivity index (χ2n) is 9.89. The summed E-state index contributed by atoms with van der Waals surface area (Å²) in [6, 6.07) is 8.09. The Balaban J connectivity index is 1.53. The van der Waals surface area contributed by atoms with Crippen molar-refractivity contribution in [1.29, 1.82) is 0 Å². The minimum atomic E-state index is -0.682. The summed E-state index contributed by atoms with van der Waals surface area (Å²) in [6.07, 6.45) is 5.25. The maximum atomic E-state index is 15.4. The van der Waals surface area contributed by atoms with Gasteiger partial charge in [0.25, 0.3) is 0 Å². The van der Waals surface area contributed by atoms with Crippen LogP contribution in [0.5, 0.6) is 0 Å². The summed E-state index contributed by atoms with van der Waals surface area (Å²) in [5.41, 5.74) is 4.48. The van der Waals surface area contributed by atoms with Crippen molar-refractivity contribution in [2.75, 3.05) is 61.2 Å². The van der Waals surface area contributed by atoms with Crippen LogP contribution in [0.3, 0.4) is 0 Å². The number of nitrogens with zero attached hydrogens (tertiary/aromatic N) is 5. The normalized spacial score (nSPS) is 18.0. The monoisotopic (exact) mass is 532 g/mol. The molecule has 0 spiro atoms. The Bertz CT molecular complexity index is 1500. The summed E-state index contributed by atoms with van der Waals surface area (Å²) in [5.74, 6) is -0.615. The lowest BCUT2D eigenvalue weighted by Crippen LogP contribution is -2.44. The van der Waals surface area contributed by atoms with Crippen LogP contribution in [0.1, 0.15) is 12.5 Å². The van der Waals surface area contributed by atoms with Crippen LogP contribution in [0, 0.1) is 18.6 Å². The summed E-state index contributed by atoms with van der Waals surface area (Å²) < 4.78 is 40.9. The number of rotatable bonds is 5. The van der Waals surface area contributed by atoms with E-state index >= 15 is 4.39 Å². The smallest absolute Gasteiger partial charge is 0.152 e. The average molecular weight is 533 g/mol. The molecule has 3 aromatic heterocycles. The number of fused-ring (bicyclic) bond motifs is 1. The predicted octanol–water partition coefficient (Wildman–Crippen LogP) is 5.08. The Hall–Kier alpha value is -3.89. The molecule has 1 aromatic carbocycles. The number of anilines is 4. The largest absolute Gasteiger partial charge is 0.378 e. The number of morpholine rings is 2. The average Bonchev–Trinajstić information content (AvgIpc) is 2.95. The molecule has 5 heterocycles. The molecule has 2 fully saturated rings. The standard InChI is InChI=1S/C29H30F2N6O2/c1-18-17-39-11-8-37(18)22-14-25(29(33-16-22)36-6-9-38-10-7-36)35-28-19(2)27(20-4-3-5-32-15-20)34-24-13-21(30)12-23(31)26(24)28/h3-5,12-16,18H,6-11,17H2,1-2H3,(H,34,35)/t18-/m1/s1. The molecule has 1 atom stereocenters. The van der Waals surface area contributed by atoms with Gasteiger partial charge in [0.15, 0.2) is 5.82 Å². The van der Waals surface area contributed by atoms with E-state index in [0.717, 1.165) is 40.9 Å². The van der Waals surface area contributed by atoms with Gasteiger partial charge in [-0.15, -0.1) is 0 Å². The molecule has 2 saturated heterocycles. The summed E-state index contributed by atoms with van der Waals surface area (Å²) in [6.45, 7) is 8.58. The fraction of sp³-hybridized carbons (Fsp3) is 0.345. The first-order chi connectivity index (χ1) is 19.0. The number of benzene rings is 1. The number of nitrogens with one attached hydrogen (secondary N) is 1. The number of halogens is 2. The van der Waals surface area contributed by atoms with Gasteiger partial charge in [0.05, 0.1) is 66.3 Å². The van der Waals surface area contributed by atoms with Crippen LogP contribution in [0.25, 0.3) is 22.2 Å². The summed E-state index contributed by atoms with van der Waals surface area (Å²) in [4.78, 5) is 18.2. The molecule has 10 heteroatoms. The van der Waals surface area contributed by atoms with Gasteiger partial charge in [-0.1, -0.05) is 0 Å². The Kier molecular flexibility index (Phi) is 6.97. The third kappa shape index (κ3) is 4.97. The Labute approximate surface area is 225 Å². The Morgan fingerprint density at radius 3 is 2.62 bits per heavy atom. The van der Waals surface area contributed by atoms with Gasteiger partial charge in [-0.25, -0.2) is 18.7 Å². The quantitative estimate of drug-likeness (QED) is 0.381. The highest BCUT2D eigenvalue weighted by Crippen LogP contribution is 2.39. The zero-order chi connectivity index (χ0) is 26.9. The lowest BCUT2D eigenvalue weighted by Gasteiger charge is -2.36. The van der Waals surface area contributed by atoms with Crippen molar-refractivity contribution < 1.29 is 18.3 Å². The van der Waals surface area contributed by atoms with Crippen molar-refractivity contribution in [2.45, 2.75) is 19.9 Å². The third-order valence-corrected chi connectivity index (χ3v) is 7.30. The topological polar surface area (TPSA) is 75.6 Å². The highest BCUT2D eigenvalue weighted by molar-refractivity contribution is 5.99. The first-order valence-electron chi connectivity index (χ1n) is 13.1. The van der Waals surface area contributed by atoms with Crippen molar-refractivity contribution in [2.24, 2.45) is 0 Å². The molecule has 0 amide bonds. The second kappa shape index (κ2) is 10.7. The molecule has 0 aliphatic carbocycles. The van der Waals surface area contributed by atoms with Crippen molar-refractivity contribution in [3.63, 3.8) is 0 Å². The third-order valence-electron chi connectivity index (χ3n) is 7.30. The Morgan fingerprint density at radius 2 is 1.85 bits per heavy atom.